The smallest absolute Gasteiger partial charge is 0.250 e. The Kier molecular flexibility index (Phi) is 8.17. The van der Waals surface area contributed by atoms with Gasteiger partial charge in [0, 0.05) is 18.6 Å². The fourth-order valence-electron chi connectivity index (χ4n) is 3.61. The van der Waals surface area contributed by atoms with Gasteiger partial charge in [0.05, 0.1) is 6.07 Å². The van der Waals surface area contributed by atoms with Crippen molar-refractivity contribution in [2.24, 2.45) is 5.92 Å². The highest BCUT2D eigenvalue weighted by Crippen LogP contribution is 2.30. The number of hydrogen-bond donors (Lipinski definition) is 1. The summed E-state index contributed by atoms with van der Waals surface area (Å²) in [6.45, 7) is 5.77. The number of benzene rings is 2. The minimum absolute atomic E-state index is 0.0578. The van der Waals surface area contributed by atoms with Gasteiger partial charge in [0.2, 0.25) is 5.91 Å². The van der Waals surface area contributed by atoms with Crippen LogP contribution in [0.25, 0.3) is 11.1 Å². The first-order valence-electron chi connectivity index (χ1n) is 11.0. The number of aryl methyl sites for hydroxylation is 1. The fourth-order valence-corrected chi connectivity index (χ4v) is 3.61. The van der Waals surface area contributed by atoms with E-state index in [0.717, 1.165) is 27.0 Å². The molecule has 1 N–H and O–H groups in total. The molecule has 0 aliphatic carbocycles. The molecule has 0 aliphatic heterocycles. The zero-order valence-electron chi connectivity index (χ0n) is 19.2. The second kappa shape index (κ2) is 11.3. The molecule has 0 saturated heterocycles. The third-order valence-corrected chi connectivity index (χ3v) is 5.38. The third-order valence-electron chi connectivity index (χ3n) is 5.38. The van der Waals surface area contributed by atoms with E-state index in [-0.39, 0.29) is 18.4 Å². The molecule has 0 fully saturated rings. The summed E-state index contributed by atoms with van der Waals surface area (Å²) in [4.78, 5) is 12.7. The van der Waals surface area contributed by atoms with Crippen molar-refractivity contribution in [2.75, 3.05) is 6.54 Å². The van der Waals surface area contributed by atoms with Crippen molar-refractivity contribution in [3.05, 3.63) is 95.0 Å². The van der Waals surface area contributed by atoms with Crippen molar-refractivity contribution in [2.45, 2.75) is 39.4 Å². The quantitative estimate of drug-likeness (QED) is 0.300. The highest BCUT2D eigenvalue weighted by atomic mass is 16.5. The number of rotatable bonds is 9. The molecule has 0 unspecified atom stereocenters. The molecule has 2 atom stereocenters. The van der Waals surface area contributed by atoms with Crippen LogP contribution in [-0.2, 0) is 9.53 Å². The van der Waals surface area contributed by atoms with Gasteiger partial charge in [0.1, 0.15) is 18.8 Å². The normalized spacial score (nSPS) is 12.7. The molecule has 2 aromatic carbocycles. The molecule has 1 aromatic heterocycles. The molecule has 0 bridgehead atoms. The van der Waals surface area contributed by atoms with Crippen LogP contribution in [0.15, 0.2) is 72.9 Å². The Labute approximate surface area is 195 Å². The van der Waals surface area contributed by atoms with Gasteiger partial charge < -0.3 is 15.3 Å². The monoisotopic (exact) mass is 443 g/mol. The number of nitriles is 1. The molecule has 0 saturated carbocycles. The van der Waals surface area contributed by atoms with Gasteiger partial charge in [-0.2, -0.15) is 9.99 Å². The lowest BCUT2D eigenvalue weighted by molar-refractivity contribution is -0.611. The summed E-state index contributed by atoms with van der Waals surface area (Å²) < 4.78 is 7.25. The van der Waals surface area contributed by atoms with E-state index in [1.54, 1.807) is 19.2 Å². The Morgan fingerprint density at radius 2 is 1.67 bits per heavy atom. The van der Waals surface area contributed by atoms with Crippen molar-refractivity contribution in [1.82, 2.24) is 5.32 Å². The Bertz CT molecular complexity index is 1110. The molecule has 6 nitrogen and oxygen atoms in total. The van der Waals surface area contributed by atoms with Crippen LogP contribution in [0, 0.1) is 29.4 Å². The van der Waals surface area contributed by atoms with E-state index in [2.05, 4.69) is 5.32 Å². The number of hydrogen-bond acceptors (Lipinski definition) is 4. The van der Waals surface area contributed by atoms with E-state index in [0.29, 0.717) is 12.1 Å². The van der Waals surface area contributed by atoms with E-state index in [9.17, 15) is 10.0 Å². The molecular weight excluding hydrogens is 414 g/mol. The average molecular weight is 444 g/mol. The molecule has 170 valence electrons. The largest absolute Gasteiger partial charge is 0.618 e. The predicted octanol–water partition coefficient (Wildman–Crippen LogP) is 4.46. The van der Waals surface area contributed by atoms with Gasteiger partial charge >= 0.3 is 0 Å². The molecule has 3 rings (SSSR count). The molecule has 3 aromatic rings. The van der Waals surface area contributed by atoms with Crippen LogP contribution in [0.5, 0.6) is 0 Å². The maximum absolute atomic E-state index is 12.7. The predicted molar refractivity (Wildman–Crippen MR) is 127 cm³/mol. The van der Waals surface area contributed by atoms with E-state index >= 15 is 0 Å². The maximum Gasteiger partial charge on any atom is 0.250 e. The topological polar surface area (TPSA) is 89.1 Å². The summed E-state index contributed by atoms with van der Waals surface area (Å²) in [5.41, 5.74) is 4.21. The van der Waals surface area contributed by atoms with Crippen molar-refractivity contribution < 1.29 is 14.3 Å². The summed E-state index contributed by atoms with van der Waals surface area (Å²) >= 11 is 0. The number of pyridine rings is 1. The van der Waals surface area contributed by atoms with E-state index in [1.807, 2.05) is 80.6 Å². The van der Waals surface area contributed by atoms with Crippen LogP contribution in [0.2, 0.25) is 0 Å². The van der Waals surface area contributed by atoms with Crippen LogP contribution in [-0.4, -0.2) is 18.6 Å². The molecular formula is C27H29N3O3. The summed E-state index contributed by atoms with van der Waals surface area (Å²) in [5.74, 6) is -0.0515. The number of carbonyl (C=O) groups is 1. The van der Waals surface area contributed by atoms with Crippen molar-refractivity contribution in [3.63, 3.8) is 0 Å². The van der Waals surface area contributed by atoms with Crippen LogP contribution >= 0.6 is 0 Å². The summed E-state index contributed by atoms with van der Waals surface area (Å²) in [5, 5.41) is 23.4. The van der Waals surface area contributed by atoms with Crippen LogP contribution in [0.3, 0.4) is 0 Å². The molecule has 1 amide bonds. The first-order chi connectivity index (χ1) is 15.9. The number of nitrogens with one attached hydrogen (secondary N) is 1. The van der Waals surface area contributed by atoms with Gasteiger partial charge in [-0.15, -0.1) is 0 Å². The average Bonchev–Trinajstić information content (AvgIpc) is 2.82. The zero-order valence-corrected chi connectivity index (χ0v) is 19.2. The first kappa shape index (κ1) is 24.0. The minimum Gasteiger partial charge on any atom is -0.618 e. The van der Waals surface area contributed by atoms with Gasteiger partial charge in [0.15, 0.2) is 11.9 Å². The van der Waals surface area contributed by atoms with E-state index in [4.69, 9.17) is 10.00 Å². The summed E-state index contributed by atoms with van der Waals surface area (Å²) in [6.07, 6.45) is 0.943. The van der Waals surface area contributed by atoms with Crippen LogP contribution in [0.4, 0.5) is 0 Å². The lowest BCUT2D eigenvalue weighted by Gasteiger charge is -2.26. The molecule has 0 aliphatic rings. The molecule has 1 heterocycles. The number of carbonyl (C=O) groups excluding carboxylic acids is 1. The highest BCUT2D eigenvalue weighted by Gasteiger charge is 2.26. The summed E-state index contributed by atoms with van der Waals surface area (Å²) in [7, 11) is 0. The van der Waals surface area contributed by atoms with Crippen molar-refractivity contribution in [1.29, 1.82) is 5.26 Å². The molecule has 0 radical (unpaired) electrons. The van der Waals surface area contributed by atoms with Gasteiger partial charge in [-0.1, -0.05) is 68.4 Å². The lowest BCUT2D eigenvalue weighted by atomic mass is 9.97. The Morgan fingerprint density at radius 3 is 2.27 bits per heavy atom. The Morgan fingerprint density at radius 1 is 1.03 bits per heavy atom. The van der Waals surface area contributed by atoms with Crippen LogP contribution < -0.4 is 10.0 Å². The van der Waals surface area contributed by atoms with Gasteiger partial charge in [0.25, 0.3) is 0 Å². The second-order valence-electron chi connectivity index (χ2n) is 8.43. The summed E-state index contributed by atoms with van der Waals surface area (Å²) in [6, 6.07) is 23.2. The zero-order chi connectivity index (χ0) is 23.8. The molecule has 0 spiro atoms. The van der Waals surface area contributed by atoms with Crippen molar-refractivity contribution in [3.8, 4) is 17.2 Å². The van der Waals surface area contributed by atoms with Crippen LogP contribution in [0.1, 0.15) is 43.2 Å². The van der Waals surface area contributed by atoms with Gasteiger partial charge in [-0.3, -0.25) is 4.79 Å². The van der Waals surface area contributed by atoms with E-state index in [1.165, 1.54) is 0 Å². The maximum atomic E-state index is 12.7. The number of nitrogens with zero attached hydrogens (tertiary/aromatic N) is 2. The lowest BCUT2D eigenvalue weighted by Crippen LogP contribution is -2.38. The number of amides is 1. The SMILES string of the molecule is Cc1ccc(-c2ccc([C@H](O[C@@H](CC(C)C)C(=O)NCC#N)c3ccccc3)cc2)c[n+]1[O-]. The standard InChI is InChI=1S/C27H29N3O3/c1-19(2)17-25(27(31)29-16-15-28)33-26(22-7-5-4-6-8-22)23-13-11-21(12-14-23)24-10-9-20(3)30(32)18-24/h4-14,18-19,25-26H,16-17H2,1-3H3,(H,29,31)/t25-,26+/m0/s1. The van der Waals surface area contributed by atoms with Gasteiger partial charge in [-0.25, -0.2) is 0 Å². The Balaban J connectivity index is 1.92. The Hall–Kier alpha value is -3.69. The highest BCUT2D eigenvalue weighted by molar-refractivity contribution is 5.81. The number of aromatic nitrogens is 1. The molecule has 6 heteroatoms. The fraction of sp³-hybridized carbons (Fsp3) is 0.296. The van der Waals surface area contributed by atoms with E-state index < -0.39 is 12.2 Å². The number of ether oxygens (including phenoxy) is 1. The second-order valence-corrected chi connectivity index (χ2v) is 8.43. The first-order valence-corrected chi connectivity index (χ1v) is 11.0. The van der Waals surface area contributed by atoms with Gasteiger partial charge in [-0.05, 0) is 35.1 Å². The van der Waals surface area contributed by atoms with Crippen molar-refractivity contribution >= 4 is 5.91 Å². The minimum atomic E-state index is -0.695. The molecule has 33 heavy (non-hydrogen) atoms. The third kappa shape index (κ3) is 6.41.